The highest BCUT2D eigenvalue weighted by Crippen LogP contribution is 2.33. The molecule has 0 radical (unpaired) electrons. The summed E-state index contributed by atoms with van der Waals surface area (Å²) in [5.74, 6) is 0.782. The number of hydrazone groups is 1. The summed E-state index contributed by atoms with van der Waals surface area (Å²) in [5.41, 5.74) is 4.58. The smallest absolute Gasteiger partial charge is 0.298 e. The lowest BCUT2D eigenvalue weighted by atomic mass is 10.00. The summed E-state index contributed by atoms with van der Waals surface area (Å²) in [4.78, 5) is 14.6. The number of benzene rings is 2. The van der Waals surface area contributed by atoms with E-state index in [1.165, 1.54) is 16.0 Å². The molecule has 152 valence electrons. The Hall–Kier alpha value is -2.89. The van der Waals surface area contributed by atoms with Crippen molar-refractivity contribution in [3.8, 4) is 0 Å². The van der Waals surface area contributed by atoms with Crippen LogP contribution in [0.25, 0.3) is 0 Å². The van der Waals surface area contributed by atoms with Gasteiger partial charge in [0.25, 0.3) is 5.91 Å². The highest BCUT2D eigenvalue weighted by molar-refractivity contribution is 6.30. The van der Waals surface area contributed by atoms with Crippen molar-refractivity contribution in [3.63, 3.8) is 0 Å². The fourth-order valence-electron chi connectivity index (χ4n) is 4.35. The van der Waals surface area contributed by atoms with Crippen LogP contribution in [-0.4, -0.2) is 29.7 Å². The fraction of sp³-hybridized carbons (Fsp3) is 0.250. The number of rotatable bonds is 4. The first kappa shape index (κ1) is 19.1. The number of halogens is 1. The number of quaternary nitrogens is 1. The Labute approximate surface area is 180 Å². The van der Waals surface area contributed by atoms with Crippen LogP contribution in [0.2, 0.25) is 5.02 Å². The fourth-order valence-corrected chi connectivity index (χ4v) is 4.47. The molecule has 0 saturated carbocycles. The van der Waals surface area contributed by atoms with Crippen LogP contribution < -0.4 is 4.90 Å². The SMILES string of the molecule is O=C(C[NH+]1CCc2ccccc2C1)N1N=C(c2ccc(Cl)cc2)C[C@@H]1c1ccco1. The van der Waals surface area contributed by atoms with Crippen LogP contribution in [-0.2, 0) is 17.8 Å². The van der Waals surface area contributed by atoms with Crippen LogP contribution in [0.15, 0.2) is 76.4 Å². The van der Waals surface area contributed by atoms with E-state index in [0.29, 0.717) is 18.0 Å². The maximum atomic E-state index is 13.3. The van der Waals surface area contributed by atoms with Gasteiger partial charge in [-0.15, -0.1) is 0 Å². The van der Waals surface area contributed by atoms with Crippen molar-refractivity contribution in [3.05, 3.63) is 94.4 Å². The number of nitrogens with one attached hydrogen (secondary N) is 1. The third-order valence-electron chi connectivity index (χ3n) is 5.92. The molecule has 0 spiro atoms. The zero-order valence-corrected chi connectivity index (χ0v) is 17.3. The molecule has 1 unspecified atom stereocenters. The number of hydrogen-bond acceptors (Lipinski definition) is 3. The summed E-state index contributed by atoms with van der Waals surface area (Å²) in [5, 5.41) is 7.02. The van der Waals surface area contributed by atoms with Crippen LogP contribution in [0.1, 0.15) is 34.9 Å². The monoisotopic (exact) mass is 420 g/mol. The Morgan fingerprint density at radius 2 is 1.90 bits per heavy atom. The molecule has 2 atom stereocenters. The van der Waals surface area contributed by atoms with E-state index < -0.39 is 0 Å². The van der Waals surface area contributed by atoms with E-state index >= 15 is 0 Å². The number of carbonyl (C=O) groups excluding carboxylic acids is 1. The molecule has 2 aliphatic rings. The van der Waals surface area contributed by atoms with E-state index in [0.717, 1.165) is 36.5 Å². The molecule has 1 aromatic heterocycles. The summed E-state index contributed by atoms with van der Waals surface area (Å²) in [6.07, 6.45) is 3.27. The second kappa shape index (κ2) is 8.09. The summed E-state index contributed by atoms with van der Waals surface area (Å²) in [6.45, 7) is 2.24. The van der Waals surface area contributed by atoms with Crippen molar-refractivity contribution >= 4 is 23.2 Å². The van der Waals surface area contributed by atoms with Gasteiger partial charge in [0.2, 0.25) is 0 Å². The number of fused-ring (bicyclic) bond motifs is 1. The van der Waals surface area contributed by atoms with Gasteiger partial charge in [0.15, 0.2) is 6.54 Å². The maximum absolute atomic E-state index is 13.3. The molecule has 5 rings (SSSR count). The van der Waals surface area contributed by atoms with Gasteiger partial charge in [-0.2, -0.15) is 5.10 Å². The quantitative estimate of drug-likeness (QED) is 0.704. The predicted molar refractivity (Wildman–Crippen MR) is 115 cm³/mol. The summed E-state index contributed by atoms with van der Waals surface area (Å²) in [7, 11) is 0. The van der Waals surface area contributed by atoms with Crippen molar-refractivity contribution in [2.24, 2.45) is 5.10 Å². The maximum Gasteiger partial charge on any atom is 0.298 e. The molecule has 0 saturated heterocycles. The molecule has 3 aromatic rings. The van der Waals surface area contributed by atoms with Crippen LogP contribution >= 0.6 is 11.6 Å². The van der Waals surface area contributed by atoms with Crippen LogP contribution in [0.5, 0.6) is 0 Å². The van der Waals surface area contributed by atoms with Gasteiger partial charge in [0.1, 0.15) is 18.3 Å². The number of hydrogen-bond donors (Lipinski definition) is 1. The van der Waals surface area contributed by atoms with Crippen molar-refractivity contribution in [1.29, 1.82) is 0 Å². The van der Waals surface area contributed by atoms with Crippen molar-refractivity contribution in [2.45, 2.75) is 25.4 Å². The van der Waals surface area contributed by atoms with Gasteiger partial charge in [0, 0.05) is 23.4 Å². The molecule has 2 aromatic carbocycles. The first-order valence-electron chi connectivity index (χ1n) is 10.3. The standard InChI is InChI=1S/C24H22ClN3O2/c25-20-9-7-18(8-10-20)21-14-22(23-6-3-13-30-23)28(26-21)24(29)16-27-12-11-17-4-1-2-5-19(17)15-27/h1-10,13,22H,11-12,14-16H2/p+1/t22-/m1/s1. The van der Waals surface area contributed by atoms with E-state index in [2.05, 4.69) is 24.3 Å². The average Bonchev–Trinajstić information content (AvgIpc) is 3.44. The van der Waals surface area contributed by atoms with Gasteiger partial charge >= 0.3 is 0 Å². The number of amides is 1. The molecule has 3 heterocycles. The van der Waals surface area contributed by atoms with Crippen molar-refractivity contribution < 1.29 is 14.1 Å². The Kier molecular flexibility index (Phi) is 5.15. The molecule has 1 N–H and O–H groups in total. The number of nitrogens with zero attached hydrogens (tertiary/aromatic N) is 2. The Bertz CT molecular complexity index is 1080. The minimum Gasteiger partial charge on any atom is -0.467 e. The zero-order valence-electron chi connectivity index (χ0n) is 16.6. The lowest BCUT2D eigenvalue weighted by Crippen LogP contribution is -3.12. The molecular formula is C24H23ClN3O2+. The molecule has 2 aliphatic heterocycles. The van der Waals surface area contributed by atoms with Gasteiger partial charge in [0.05, 0.1) is 18.5 Å². The molecule has 0 bridgehead atoms. The molecular weight excluding hydrogens is 398 g/mol. The van der Waals surface area contributed by atoms with Crippen molar-refractivity contribution in [2.75, 3.05) is 13.1 Å². The van der Waals surface area contributed by atoms with Gasteiger partial charge in [-0.25, -0.2) is 5.01 Å². The van der Waals surface area contributed by atoms with Gasteiger partial charge in [-0.1, -0.05) is 48.0 Å². The minimum atomic E-state index is -0.213. The molecule has 5 nitrogen and oxygen atoms in total. The molecule has 0 aliphatic carbocycles. The van der Waals surface area contributed by atoms with Gasteiger partial charge in [-0.3, -0.25) is 4.79 Å². The second-order valence-electron chi connectivity index (χ2n) is 7.90. The Balaban J connectivity index is 1.37. The van der Waals surface area contributed by atoms with Crippen LogP contribution in [0, 0.1) is 0 Å². The third kappa shape index (κ3) is 3.78. The molecule has 6 heteroatoms. The van der Waals surface area contributed by atoms with E-state index in [-0.39, 0.29) is 11.9 Å². The minimum absolute atomic E-state index is 0.0229. The first-order valence-corrected chi connectivity index (χ1v) is 10.6. The third-order valence-corrected chi connectivity index (χ3v) is 6.17. The van der Waals surface area contributed by atoms with Crippen LogP contribution in [0.3, 0.4) is 0 Å². The molecule has 1 amide bonds. The number of carbonyl (C=O) groups is 1. The Morgan fingerprint density at radius 3 is 2.67 bits per heavy atom. The lowest BCUT2D eigenvalue weighted by molar-refractivity contribution is -0.908. The second-order valence-corrected chi connectivity index (χ2v) is 8.34. The van der Waals surface area contributed by atoms with E-state index in [1.54, 1.807) is 11.3 Å². The lowest BCUT2D eigenvalue weighted by Gasteiger charge is -2.27. The van der Waals surface area contributed by atoms with Crippen molar-refractivity contribution in [1.82, 2.24) is 5.01 Å². The summed E-state index contributed by atoms with van der Waals surface area (Å²) >= 11 is 6.03. The van der Waals surface area contributed by atoms with Crippen LogP contribution in [0.4, 0.5) is 0 Å². The summed E-state index contributed by atoms with van der Waals surface area (Å²) < 4.78 is 5.64. The normalized spacial score (nSPS) is 20.7. The van der Waals surface area contributed by atoms with E-state index in [4.69, 9.17) is 21.1 Å². The predicted octanol–water partition coefficient (Wildman–Crippen LogP) is 3.25. The first-order chi connectivity index (χ1) is 14.7. The number of furan rings is 1. The molecule has 0 fully saturated rings. The van der Waals surface area contributed by atoms with E-state index in [9.17, 15) is 4.79 Å². The Morgan fingerprint density at radius 1 is 1.10 bits per heavy atom. The molecule has 30 heavy (non-hydrogen) atoms. The summed E-state index contributed by atoms with van der Waals surface area (Å²) in [6, 6.07) is 19.6. The van der Waals surface area contributed by atoms with Gasteiger partial charge in [-0.05, 0) is 35.4 Å². The highest BCUT2D eigenvalue weighted by atomic mass is 35.5. The topological polar surface area (TPSA) is 50.2 Å². The zero-order chi connectivity index (χ0) is 20.5. The average molecular weight is 421 g/mol. The van der Waals surface area contributed by atoms with Gasteiger partial charge < -0.3 is 9.32 Å². The highest BCUT2D eigenvalue weighted by Gasteiger charge is 2.36. The largest absolute Gasteiger partial charge is 0.467 e. The van der Waals surface area contributed by atoms with E-state index in [1.807, 2.05) is 36.4 Å².